The normalized spacial score (nSPS) is 34.1. The first-order valence-corrected chi connectivity index (χ1v) is 3.36. The summed E-state index contributed by atoms with van der Waals surface area (Å²) in [5.41, 5.74) is -1.80. The van der Waals surface area contributed by atoms with E-state index in [4.69, 9.17) is 5.11 Å². The van der Waals surface area contributed by atoms with Crippen molar-refractivity contribution >= 4 is 12.6 Å². The molecule has 1 aliphatic carbocycles. The summed E-state index contributed by atoms with van der Waals surface area (Å²) in [6, 6.07) is 0. The molecule has 1 rings (SSSR count). The molecule has 0 fully saturated rings. The monoisotopic (exact) mass is 168 g/mol. The van der Waals surface area contributed by atoms with Crippen LogP contribution in [0.5, 0.6) is 0 Å². The van der Waals surface area contributed by atoms with Gasteiger partial charge in [-0.3, -0.25) is 4.79 Å². The maximum atomic E-state index is 10.4. The molecule has 0 aromatic carbocycles. The molecule has 2 atom stereocenters. The van der Waals surface area contributed by atoms with Crippen LogP contribution in [0.4, 0.5) is 0 Å². The van der Waals surface area contributed by atoms with Crippen molar-refractivity contribution in [3.05, 3.63) is 24.0 Å². The number of aldehydes is 2. The van der Waals surface area contributed by atoms with Crippen LogP contribution in [-0.4, -0.2) is 28.4 Å². The van der Waals surface area contributed by atoms with Crippen LogP contribution < -0.4 is 0 Å². The first-order valence-electron chi connectivity index (χ1n) is 3.36. The second-order valence-corrected chi connectivity index (χ2v) is 2.59. The van der Waals surface area contributed by atoms with Crippen LogP contribution in [0.2, 0.25) is 0 Å². The van der Waals surface area contributed by atoms with E-state index in [0.29, 0.717) is 6.29 Å². The van der Waals surface area contributed by atoms with Gasteiger partial charge in [0.15, 0.2) is 11.9 Å². The summed E-state index contributed by atoms with van der Waals surface area (Å²) in [6.07, 6.45) is 4.07. The summed E-state index contributed by atoms with van der Waals surface area (Å²) in [7, 11) is 0. The van der Waals surface area contributed by atoms with E-state index in [2.05, 4.69) is 0 Å². The highest BCUT2D eigenvalue weighted by molar-refractivity contribution is 5.77. The minimum absolute atomic E-state index is 0.126. The minimum atomic E-state index is -1.80. The zero-order valence-electron chi connectivity index (χ0n) is 6.18. The highest BCUT2D eigenvalue weighted by Crippen LogP contribution is 2.22. The lowest BCUT2D eigenvalue weighted by Crippen LogP contribution is -2.39. The third-order valence-electron chi connectivity index (χ3n) is 1.74. The van der Waals surface area contributed by atoms with Crippen LogP contribution >= 0.6 is 0 Å². The van der Waals surface area contributed by atoms with E-state index < -0.39 is 11.5 Å². The van der Waals surface area contributed by atoms with Crippen molar-refractivity contribution in [2.75, 3.05) is 0 Å². The van der Waals surface area contributed by atoms with Crippen LogP contribution in [-0.2, 0) is 9.59 Å². The largest absolute Gasteiger partial charge is 0.508 e. The second-order valence-electron chi connectivity index (χ2n) is 2.59. The topological polar surface area (TPSA) is 74.6 Å². The van der Waals surface area contributed by atoms with E-state index in [-0.39, 0.29) is 12.0 Å². The molecule has 1 aliphatic rings. The van der Waals surface area contributed by atoms with Gasteiger partial charge in [0.25, 0.3) is 0 Å². The summed E-state index contributed by atoms with van der Waals surface area (Å²) in [5, 5.41) is 18.3. The number of rotatable bonds is 2. The lowest BCUT2D eigenvalue weighted by atomic mass is 9.86. The SMILES string of the molecule is O=CC1C=C(O)C=CC1(O)C=O. The fourth-order valence-electron chi connectivity index (χ4n) is 0.969. The number of aliphatic hydroxyl groups excluding tert-OH is 1. The number of carbonyl (C=O) groups is 2. The first-order chi connectivity index (χ1) is 5.62. The van der Waals surface area contributed by atoms with Crippen molar-refractivity contribution in [3.63, 3.8) is 0 Å². The van der Waals surface area contributed by atoms with Gasteiger partial charge < -0.3 is 15.0 Å². The van der Waals surface area contributed by atoms with Crippen LogP contribution in [0.3, 0.4) is 0 Å². The molecule has 64 valence electrons. The molecule has 4 heteroatoms. The Hall–Kier alpha value is -1.42. The first kappa shape index (κ1) is 8.67. The van der Waals surface area contributed by atoms with Crippen molar-refractivity contribution in [1.29, 1.82) is 0 Å². The van der Waals surface area contributed by atoms with Crippen molar-refractivity contribution in [2.45, 2.75) is 5.60 Å². The highest BCUT2D eigenvalue weighted by atomic mass is 16.3. The summed E-state index contributed by atoms with van der Waals surface area (Å²) in [4.78, 5) is 20.8. The molecule has 2 N–H and O–H groups in total. The van der Waals surface area contributed by atoms with E-state index in [1.807, 2.05) is 0 Å². The molecular formula is C8H8O4. The van der Waals surface area contributed by atoms with Gasteiger partial charge in [0.05, 0.1) is 5.92 Å². The van der Waals surface area contributed by atoms with E-state index in [1.54, 1.807) is 0 Å². The zero-order valence-corrected chi connectivity index (χ0v) is 6.18. The van der Waals surface area contributed by atoms with E-state index in [9.17, 15) is 14.7 Å². The number of hydrogen-bond donors (Lipinski definition) is 2. The van der Waals surface area contributed by atoms with Gasteiger partial charge in [0, 0.05) is 0 Å². The average molecular weight is 168 g/mol. The molecular weight excluding hydrogens is 160 g/mol. The van der Waals surface area contributed by atoms with Gasteiger partial charge in [-0.05, 0) is 18.2 Å². The molecule has 0 amide bonds. The van der Waals surface area contributed by atoms with Gasteiger partial charge >= 0.3 is 0 Å². The molecule has 0 aromatic heterocycles. The van der Waals surface area contributed by atoms with E-state index in [0.717, 1.165) is 12.2 Å². The van der Waals surface area contributed by atoms with Crippen LogP contribution in [0.1, 0.15) is 0 Å². The quantitative estimate of drug-likeness (QED) is 0.557. The van der Waals surface area contributed by atoms with Crippen molar-refractivity contribution in [1.82, 2.24) is 0 Å². The van der Waals surface area contributed by atoms with Crippen molar-refractivity contribution in [3.8, 4) is 0 Å². The lowest BCUT2D eigenvalue weighted by Gasteiger charge is -2.24. The summed E-state index contributed by atoms with van der Waals surface area (Å²) >= 11 is 0. The van der Waals surface area contributed by atoms with Crippen molar-refractivity contribution < 1.29 is 19.8 Å². The van der Waals surface area contributed by atoms with Gasteiger partial charge in [-0.1, -0.05) is 0 Å². The Kier molecular flexibility index (Phi) is 2.10. The number of hydrogen-bond acceptors (Lipinski definition) is 4. The van der Waals surface area contributed by atoms with E-state index >= 15 is 0 Å². The smallest absolute Gasteiger partial charge is 0.156 e. The number of allylic oxidation sites excluding steroid dienone is 1. The second kappa shape index (κ2) is 2.91. The summed E-state index contributed by atoms with van der Waals surface area (Å²) in [6.45, 7) is 0. The fraction of sp³-hybridized carbons (Fsp3) is 0.250. The maximum absolute atomic E-state index is 10.4. The molecule has 0 aliphatic heterocycles. The minimum Gasteiger partial charge on any atom is -0.508 e. The van der Waals surface area contributed by atoms with Crippen molar-refractivity contribution in [2.24, 2.45) is 5.92 Å². The molecule has 0 saturated heterocycles. The van der Waals surface area contributed by atoms with Gasteiger partial charge in [-0.2, -0.15) is 0 Å². The maximum Gasteiger partial charge on any atom is 0.156 e. The highest BCUT2D eigenvalue weighted by Gasteiger charge is 2.34. The molecule has 0 bridgehead atoms. The Morgan fingerprint density at radius 2 is 2.17 bits per heavy atom. The lowest BCUT2D eigenvalue weighted by molar-refractivity contribution is -0.128. The van der Waals surface area contributed by atoms with Gasteiger partial charge in [-0.25, -0.2) is 0 Å². The Morgan fingerprint density at radius 1 is 1.50 bits per heavy atom. The zero-order chi connectivity index (χ0) is 9.19. The standard InChI is InChI=1S/C8H8O4/c9-4-6-3-7(11)1-2-8(6,12)5-10/h1-6,11-12H. The Balaban J connectivity index is 3.01. The molecule has 0 radical (unpaired) electrons. The summed E-state index contributed by atoms with van der Waals surface area (Å²) < 4.78 is 0. The molecule has 0 saturated carbocycles. The third-order valence-corrected chi connectivity index (χ3v) is 1.74. The van der Waals surface area contributed by atoms with Crippen LogP contribution in [0.25, 0.3) is 0 Å². The molecule has 12 heavy (non-hydrogen) atoms. The fourth-order valence-corrected chi connectivity index (χ4v) is 0.969. The van der Waals surface area contributed by atoms with Gasteiger partial charge in [0.1, 0.15) is 12.0 Å². The summed E-state index contributed by atoms with van der Waals surface area (Å²) in [5.74, 6) is -1.13. The van der Waals surface area contributed by atoms with Crippen LogP contribution in [0, 0.1) is 5.92 Å². The molecule has 0 spiro atoms. The molecule has 4 nitrogen and oxygen atoms in total. The Labute approximate surface area is 68.8 Å². The predicted octanol–water partition coefficient (Wildman–Crippen LogP) is -0.257. The third kappa shape index (κ3) is 1.29. The molecule has 2 unspecified atom stereocenters. The van der Waals surface area contributed by atoms with Crippen LogP contribution in [0.15, 0.2) is 24.0 Å². The Bertz CT molecular complexity index is 266. The number of carbonyl (C=O) groups excluding carboxylic acids is 2. The predicted molar refractivity (Wildman–Crippen MR) is 40.4 cm³/mol. The molecule has 0 heterocycles. The van der Waals surface area contributed by atoms with E-state index in [1.165, 1.54) is 6.08 Å². The van der Waals surface area contributed by atoms with Gasteiger partial charge in [0.2, 0.25) is 0 Å². The Morgan fingerprint density at radius 3 is 2.67 bits per heavy atom. The molecule has 0 aromatic rings. The average Bonchev–Trinajstić information content (AvgIpc) is 2.09. The number of aliphatic hydroxyl groups is 2. The van der Waals surface area contributed by atoms with Gasteiger partial charge in [-0.15, -0.1) is 0 Å².